The first kappa shape index (κ1) is 12.7. The van der Waals surface area contributed by atoms with E-state index in [0.717, 1.165) is 23.1 Å². The fraction of sp³-hybridized carbons (Fsp3) is 0.250. The van der Waals surface area contributed by atoms with Crippen molar-refractivity contribution in [2.45, 2.75) is 25.2 Å². The Bertz CT molecular complexity index is 625. The number of halogens is 2. The molecule has 0 radical (unpaired) electrons. The molecule has 2 nitrogen and oxygen atoms in total. The van der Waals surface area contributed by atoms with Gasteiger partial charge in [0.1, 0.15) is 0 Å². The molecule has 0 saturated carbocycles. The third-order valence-electron chi connectivity index (χ3n) is 4.24. The fourth-order valence-corrected chi connectivity index (χ4v) is 3.65. The summed E-state index contributed by atoms with van der Waals surface area (Å²) in [6.07, 6.45) is 0. The molecule has 102 valence electrons. The Hall–Kier alpha value is -1.06. The minimum Gasteiger partial charge on any atom is -0.304 e. The van der Waals surface area contributed by atoms with Crippen LogP contribution >= 0.6 is 23.2 Å². The first-order valence-electron chi connectivity index (χ1n) is 6.76. The molecule has 0 saturated heterocycles. The largest absolute Gasteiger partial charge is 0.304 e. The molecule has 2 aromatic carbocycles. The van der Waals surface area contributed by atoms with Crippen LogP contribution in [0, 0.1) is 0 Å². The molecule has 2 heterocycles. The number of nitrogens with one attached hydrogen (secondary N) is 2. The lowest BCUT2D eigenvalue weighted by Crippen LogP contribution is -2.27. The van der Waals surface area contributed by atoms with Gasteiger partial charge in [0.25, 0.3) is 0 Å². The van der Waals surface area contributed by atoms with Crippen LogP contribution in [0.15, 0.2) is 36.4 Å². The molecular formula is C16H14Cl2N2. The lowest BCUT2D eigenvalue weighted by molar-refractivity contribution is 0.430. The topological polar surface area (TPSA) is 24.1 Å². The second kappa shape index (κ2) is 4.74. The Labute approximate surface area is 128 Å². The summed E-state index contributed by atoms with van der Waals surface area (Å²) in [6, 6.07) is 12.8. The van der Waals surface area contributed by atoms with Crippen LogP contribution in [0.4, 0.5) is 0 Å². The zero-order valence-corrected chi connectivity index (χ0v) is 12.3. The molecule has 0 amide bonds. The molecule has 0 spiro atoms. The molecule has 0 fully saturated rings. The standard InChI is InChI=1S/C16H14Cl2N2/c17-11-3-1-9-7-19-15(13(9)5-11)16-14-6-12(18)4-2-10(14)8-20-16/h1-6,15-16,19-20H,7-8H2/t15-,16-/m0/s1. The van der Waals surface area contributed by atoms with Gasteiger partial charge in [-0.25, -0.2) is 0 Å². The van der Waals surface area contributed by atoms with Gasteiger partial charge in [-0.3, -0.25) is 0 Å². The van der Waals surface area contributed by atoms with Crippen LogP contribution in [-0.2, 0) is 13.1 Å². The van der Waals surface area contributed by atoms with E-state index in [1.807, 2.05) is 12.1 Å². The van der Waals surface area contributed by atoms with Gasteiger partial charge in [-0.15, -0.1) is 0 Å². The molecular weight excluding hydrogens is 291 g/mol. The van der Waals surface area contributed by atoms with Gasteiger partial charge >= 0.3 is 0 Å². The lowest BCUT2D eigenvalue weighted by atomic mass is 9.94. The van der Waals surface area contributed by atoms with Gasteiger partial charge in [0.05, 0.1) is 12.1 Å². The SMILES string of the molecule is Clc1ccc2c(c1)[C@@H]([C@H]1NCc3ccc(Cl)cc31)NC2. The first-order chi connectivity index (χ1) is 9.72. The number of hydrogen-bond acceptors (Lipinski definition) is 2. The van der Waals surface area contributed by atoms with Gasteiger partial charge < -0.3 is 10.6 Å². The van der Waals surface area contributed by atoms with Crippen LogP contribution in [0.3, 0.4) is 0 Å². The maximum Gasteiger partial charge on any atom is 0.0524 e. The van der Waals surface area contributed by atoms with Crippen molar-refractivity contribution in [3.63, 3.8) is 0 Å². The summed E-state index contributed by atoms with van der Waals surface area (Å²) >= 11 is 12.3. The molecule has 0 unspecified atom stereocenters. The molecule has 0 aromatic heterocycles. The second-order valence-corrected chi connectivity index (χ2v) is 6.28. The van der Waals surface area contributed by atoms with E-state index in [-0.39, 0.29) is 12.1 Å². The monoisotopic (exact) mass is 304 g/mol. The third-order valence-corrected chi connectivity index (χ3v) is 4.71. The minimum atomic E-state index is 0.253. The van der Waals surface area contributed by atoms with Gasteiger partial charge in [-0.05, 0) is 46.5 Å². The van der Waals surface area contributed by atoms with E-state index >= 15 is 0 Å². The van der Waals surface area contributed by atoms with Gasteiger partial charge in [0, 0.05) is 23.1 Å². The molecule has 0 aliphatic carbocycles. The van der Waals surface area contributed by atoms with Crippen molar-refractivity contribution in [2.75, 3.05) is 0 Å². The van der Waals surface area contributed by atoms with E-state index in [9.17, 15) is 0 Å². The van der Waals surface area contributed by atoms with Crippen molar-refractivity contribution < 1.29 is 0 Å². The van der Waals surface area contributed by atoms with E-state index < -0.39 is 0 Å². The average Bonchev–Trinajstić information content (AvgIpc) is 3.01. The summed E-state index contributed by atoms with van der Waals surface area (Å²) in [5.74, 6) is 0. The molecule has 0 bridgehead atoms. The highest BCUT2D eigenvalue weighted by Gasteiger charge is 2.34. The zero-order chi connectivity index (χ0) is 13.7. The highest BCUT2D eigenvalue weighted by Crippen LogP contribution is 2.41. The van der Waals surface area contributed by atoms with E-state index in [1.54, 1.807) is 0 Å². The number of fused-ring (bicyclic) bond motifs is 2. The summed E-state index contributed by atoms with van der Waals surface area (Å²) in [5.41, 5.74) is 5.25. The van der Waals surface area contributed by atoms with E-state index in [4.69, 9.17) is 23.2 Å². The molecule has 2 N–H and O–H groups in total. The van der Waals surface area contributed by atoms with Crippen LogP contribution in [0.25, 0.3) is 0 Å². The summed E-state index contributed by atoms with van der Waals surface area (Å²) in [6.45, 7) is 1.79. The van der Waals surface area contributed by atoms with Crippen LogP contribution in [0.5, 0.6) is 0 Å². The molecule has 4 rings (SSSR count). The van der Waals surface area contributed by atoms with Crippen molar-refractivity contribution in [3.8, 4) is 0 Å². The molecule has 2 aliphatic heterocycles. The Kier molecular flexibility index (Phi) is 3.00. The molecule has 2 aromatic rings. The quantitative estimate of drug-likeness (QED) is 0.832. The summed E-state index contributed by atoms with van der Waals surface area (Å²) in [5, 5.41) is 8.76. The summed E-state index contributed by atoms with van der Waals surface area (Å²) in [4.78, 5) is 0. The summed E-state index contributed by atoms with van der Waals surface area (Å²) in [7, 11) is 0. The van der Waals surface area contributed by atoms with Gasteiger partial charge in [0.15, 0.2) is 0 Å². The molecule has 2 atom stereocenters. The normalized spacial score (nSPS) is 23.7. The highest BCUT2D eigenvalue weighted by atomic mass is 35.5. The molecule has 2 aliphatic rings. The maximum atomic E-state index is 6.15. The van der Waals surface area contributed by atoms with Gasteiger partial charge in [-0.2, -0.15) is 0 Å². The minimum absolute atomic E-state index is 0.253. The van der Waals surface area contributed by atoms with Crippen LogP contribution < -0.4 is 10.6 Å². The van der Waals surface area contributed by atoms with Crippen molar-refractivity contribution in [1.82, 2.24) is 10.6 Å². The van der Waals surface area contributed by atoms with Crippen LogP contribution in [0.1, 0.15) is 34.3 Å². The Morgan fingerprint density at radius 3 is 1.65 bits per heavy atom. The van der Waals surface area contributed by atoms with Gasteiger partial charge in [0.2, 0.25) is 0 Å². The molecule has 20 heavy (non-hydrogen) atoms. The second-order valence-electron chi connectivity index (χ2n) is 5.40. The maximum absolute atomic E-state index is 6.15. The van der Waals surface area contributed by atoms with E-state index in [1.165, 1.54) is 22.3 Å². The van der Waals surface area contributed by atoms with Crippen molar-refractivity contribution >= 4 is 23.2 Å². The van der Waals surface area contributed by atoms with E-state index in [2.05, 4.69) is 34.9 Å². The van der Waals surface area contributed by atoms with Crippen molar-refractivity contribution in [3.05, 3.63) is 68.7 Å². The number of hydrogen-bond donors (Lipinski definition) is 2. The first-order valence-corrected chi connectivity index (χ1v) is 7.51. The zero-order valence-electron chi connectivity index (χ0n) is 10.8. The predicted molar refractivity (Wildman–Crippen MR) is 82.1 cm³/mol. The summed E-state index contributed by atoms with van der Waals surface area (Å²) < 4.78 is 0. The predicted octanol–water partition coefficient (Wildman–Crippen LogP) is 3.98. The van der Waals surface area contributed by atoms with Crippen LogP contribution in [0.2, 0.25) is 10.0 Å². The Balaban J connectivity index is 1.76. The Morgan fingerprint density at radius 1 is 0.750 bits per heavy atom. The Morgan fingerprint density at radius 2 is 1.20 bits per heavy atom. The van der Waals surface area contributed by atoms with E-state index in [0.29, 0.717) is 0 Å². The highest BCUT2D eigenvalue weighted by molar-refractivity contribution is 6.31. The smallest absolute Gasteiger partial charge is 0.0524 e. The van der Waals surface area contributed by atoms with Crippen LogP contribution in [-0.4, -0.2) is 0 Å². The average molecular weight is 305 g/mol. The van der Waals surface area contributed by atoms with Crippen molar-refractivity contribution in [2.24, 2.45) is 0 Å². The lowest BCUT2D eigenvalue weighted by Gasteiger charge is -2.22. The number of rotatable bonds is 1. The van der Waals surface area contributed by atoms with Crippen molar-refractivity contribution in [1.29, 1.82) is 0 Å². The van der Waals surface area contributed by atoms with Gasteiger partial charge in [-0.1, -0.05) is 35.3 Å². The number of benzene rings is 2. The third kappa shape index (κ3) is 1.95. The molecule has 4 heteroatoms. The fourth-order valence-electron chi connectivity index (χ4n) is 3.29.